The number of halogens is 3. The zero-order chi connectivity index (χ0) is 25.6. The molecule has 0 unspecified atom stereocenters. The van der Waals surface area contributed by atoms with Crippen LogP contribution in [0.25, 0.3) is 10.9 Å². The lowest BCUT2D eigenvalue weighted by Gasteiger charge is -2.54. The van der Waals surface area contributed by atoms with Crippen LogP contribution in [0, 0.1) is 30.6 Å². The van der Waals surface area contributed by atoms with Gasteiger partial charge in [-0.15, -0.1) is 0 Å². The first kappa shape index (κ1) is 24.5. The number of alkyl halides is 3. The Morgan fingerprint density at radius 3 is 2.41 bits per heavy atom. The average Bonchev–Trinajstić information content (AvgIpc) is 2.85. The molecule has 3 aromatic rings. The first-order chi connectivity index (χ1) is 17.8. The van der Waals surface area contributed by atoms with Crippen molar-refractivity contribution in [3.05, 3.63) is 59.8 Å². The van der Waals surface area contributed by atoms with E-state index in [0.29, 0.717) is 24.0 Å². The normalized spacial score (nSPS) is 26.5. The highest BCUT2D eigenvalue weighted by molar-refractivity contribution is 5.83. The highest BCUT2D eigenvalue weighted by Crippen LogP contribution is 2.53. The summed E-state index contributed by atoms with van der Waals surface area (Å²) in [7, 11) is 0. The van der Waals surface area contributed by atoms with Crippen LogP contribution in [0.4, 0.5) is 24.5 Å². The topological polar surface area (TPSA) is 46.2 Å². The highest BCUT2D eigenvalue weighted by Gasteiger charge is 2.47. The van der Waals surface area contributed by atoms with E-state index in [0.717, 1.165) is 65.4 Å². The number of benzene rings is 2. The Hall–Kier alpha value is -2.80. The molecule has 4 aliphatic rings. The first-order valence-electron chi connectivity index (χ1n) is 13.5. The van der Waals surface area contributed by atoms with E-state index in [1.54, 1.807) is 6.07 Å². The van der Waals surface area contributed by atoms with Crippen LogP contribution in [0.2, 0.25) is 0 Å². The molecule has 0 amide bonds. The van der Waals surface area contributed by atoms with E-state index in [1.165, 1.54) is 32.1 Å². The minimum Gasteiger partial charge on any atom is -0.493 e. The Kier molecular flexibility index (Phi) is 6.51. The molecule has 1 heterocycles. The van der Waals surface area contributed by atoms with Crippen molar-refractivity contribution in [2.45, 2.75) is 57.7 Å². The van der Waals surface area contributed by atoms with Gasteiger partial charge in [0.2, 0.25) is 0 Å². The van der Waals surface area contributed by atoms with E-state index < -0.39 is 11.7 Å². The molecule has 4 fully saturated rings. The fourth-order valence-corrected chi connectivity index (χ4v) is 7.20. The molecule has 7 heteroatoms. The van der Waals surface area contributed by atoms with Gasteiger partial charge >= 0.3 is 6.18 Å². The lowest BCUT2D eigenvalue weighted by molar-refractivity contribution is -0.137. The average molecular weight is 510 g/mol. The minimum absolute atomic E-state index is 0.221. The molecule has 196 valence electrons. The third-order valence-corrected chi connectivity index (χ3v) is 8.62. The summed E-state index contributed by atoms with van der Waals surface area (Å²) in [5.41, 5.74) is 1.83. The van der Waals surface area contributed by atoms with Gasteiger partial charge in [-0.1, -0.05) is 18.2 Å². The van der Waals surface area contributed by atoms with Gasteiger partial charge in [0.05, 0.1) is 29.1 Å². The van der Waals surface area contributed by atoms with Crippen molar-refractivity contribution >= 4 is 22.3 Å². The van der Waals surface area contributed by atoms with Crippen LogP contribution in [-0.4, -0.2) is 24.2 Å². The second-order valence-corrected chi connectivity index (χ2v) is 11.3. The molecule has 4 saturated carbocycles. The van der Waals surface area contributed by atoms with E-state index in [-0.39, 0.29) is 5.75 Å². The van der Waals surface area contributed by atoms with Gasteiger partial charge in [0.15, 0.2) is 0 Å². The molecule has 0 spiro atoms. The Bertz CT molecular complexity index is 1250. The highest BCUT2D eigenvalue weighted by atomic mass is 19.4. The Balaban J connectivity index is 1.10. The maximum atomic E-state index is 13.7. The summed E-state index contributed by atoms with van der Waals surface area (Å²) in [6.45, 7) is 3.05. The summed E-state index contributed by atoms with van der Waals surface area (Å²) in [4.78, 5) is 4.58. The van der Waals surface area contributed by atoms with Gasteiger partial charge in [0, 0.05) is 23.2 Å². The van der Waals surface area contributed by atoms with Crippen LogP contribution in [0.5, 0.6) is 5.75 Å². The monoisotopic (exact) mass is 509 g/mol. The van der Waals surface area contributed by atoms with E-state index in [4.69, 9.17) is 4.74 Å². The van der Waals surface area contributed by atoms with Crippen molar-refractivity contribution in [2.75, 3.05) is 18.5 Å². The first-order valence-corrected chi connectivity index (χ1v) is 13.5. The van der Waals surface area contributed by atoms with Crippen molar-refractivity contribution < 1.29 is 17.9 Å². The lowest BCUT2D eigenvalue weighted by Crippen LogP contribution is -2.54. The number of nitrogens with one attached hydrogen (secondary N) is 2. The van der Waals surface area contributed by atoms with E-state index >= 15 is 0 Å². The third kappa shape index (κ3) is 5.28. The largest absolute Gasteiger partial charge is 0.493 e. The SMILES string of the molecule is Cc1nc2ccccc2cc1Nc1cc(OCCCNC2C3CC4CC(C3)CC2C4)cc(C(F)(F)F)c1. The fraction of sp³-hybridized carbons (Fsp3) is 0.500. The molecule has 4 aliphatic carbocycles. The maximum Gasteiger partial charge on any atom is 0.416 e. The predicted molar refractivity (Wildman–Crippen MR) is 140 cm³/mol. The van der Waals surface area contributed by atoms with Gasteiger partial charge in [-0.3, -0.25) is 4.98 Å². The summed E-state index contributed by atoms with van der Waals surface area (Å²) in [6, 6.07) is 14.0. The number of aromatic nitrogens is 1. The predicted octanol–water partition coefficient (Wildman–Crippen LogP) is 7.49. The summed E-state index contributed by atoms with van der Waals surface area (Å²) in [5, 5.41) is 7.83. The smallest absolute Gasteiger partial charge is 0.416 e. The van der Waals surface area contributed by atoms with Crippen LogP contribution in [0.1, 0.15) is 49.8 Å². The lowest BCUT2D eigenvalue weighted by atomic mass is 9.54. The standard InChI is InChI=1S/C30H34F3N3O/c1-18-28(14-21-5-2-3-6-27(21)35-18)36-25-15-24(30(31,32)33)16-26(17-25)37-8-4-7-34-29-22-10-19-9-20(12-22)13-23(29)11-19/h2-3,5-6,14-17,19-20,22-23,29,34,36H,4,7-13H2,1H3. The Labute approximate surface area is 216 Å². The number of hydrogen-bond donors (Lipinski definition) is 2. The summed E-state index contributed by atoms with van der Waals surface area (Å²) >= 11 is 0. The van der Waals surface area contributed by atoms with Crippen molar-refractivity contribution in [3.63, 3.8) is 0 Å². The number of rotatable bonds is 8. The zero-order valence-electron chi connectivity index (χ0n) is 21.2. The quantitative estimate of drug-likeness (QED) is 0.309. The summed E-state index contributed by atoms with van der Waals surface area (Å²) in [6.07, 6.45) is 3.21. The second kappa shape index (κ2) is 9.82. The molecule has 4 nitrogen and oxygen atoms in total. The second-order valence-electron chi connectivity index (χ2n) is 11.3. The minimum atomic E-state index is -4.46. The van der Waals surface area contributed by atoms with Gasteiger partial charge in [-0.05, 0) is 99.9 Å². The van der Waals surface area contributed by atoms with Crippen molar-refractivity contribution in [1.82, 2.24) is 10.3 Å². The molecule has 1 aromatic heterocycles. The van der Waals surface area contributed by atoms with Gasteiger partial charge in [0.25, 0.3) is 0 Å². The van der Waals surface area contributed by atoms with Crippen LogP contribution in [0.15, 0.2) is 48.5 Å². The number of para-hydroxylation sites is 1. The molecule has 0 radical (unpaired) electrons. The van der Waals surface area contributed by atoms with E-state index in [1.807, 2.05) is 37.3 Å². The van der Waals surface area contributed by atoms with Gasteiger partial charge in [-0.25, -0.2) is 0 Å². The number of anilines is 2. The van der Waals surface area contributed by atoms with Crippen LogP contribution >= 0.6 is 0 Å². The summed E-state index contributed by atoms with van der Waals surface area (Å²) < 4.78 is 46.8. The number of fused-ring (bicyclic) bond motifs is 1. The molecule has 0 aliphatic heterocycles. The number of pyridine rings is 1. The van der Waals surface area contributed by atoms with Crippen LogP contribution in [-0.2, 0) is 6.18 Å². The number of aryl methyl sites for hydroxylation is 1. The number of hydrogen-bond acceptors (Lipinski definition) is 4. The van der Waals surface area contributed by atoms with Gasteiger partial charge in [-0.2, -0.15) is 13.2 Å². The molecule has 2 N–H and O–H groups in total. The maximum absolute atomic E-state index is 13.7. The Morgan fingerprint density at radius 2 is 1.68 bits per heavy atom. The molecule has 0 saturated heterocycles. The third-order valence-electron chi connectivity index (χ3n) is 8.62. The zero-order valence-corrected chi connectivity index (χ0v) is 21.2. The molecular formula is C30H34F3N3O. The van der Waals surface area contributed by atoms with E-state index in [2.05, 4.69) is 15.6 Å². The fourth-order valence-electron chi connectivity index (χ4n) is 7.20. The van der Waals surface area contributed by atoms with Crippen LogP contribution < -0.4 is 15.4 Å². The van der Waals surface area contributed by atoms with Crippen LogP contribution in [0.3, 0.4) is 0 Å². The molecule has 37 heavy (non-hydrogen) atoms. The molecule has 2 aromatic carbocycles. The number of ether oxygens (including phenoxy) is 1. The van der Waals surface area contributed by atoms with Crippen molar-refractivity contribution in [1.29, 1.82) is 0 Å². The van der Waals surface area contributed by atoms with Crippen molar-refractivity contribution in [3.8, 4) is 5.75 Å². The van der Waals surface area contributed by atoms with E-state index in [9.17, 15) is 13.2 Å². The van der Waals surface area contributed by atoms with Gasteiger partial charge < -0.3 is 15.4 Å². The molecule has 7 rings (SSSR count). The summed E-state index contributed by atoms with van der Waals surface area (Å²) in [5.74, 6) is 3.73. The van der Waals surface area contributed by atoms with Gasteiger partial charge in [0.1, 0.15) is 5.75 Å². The molecule has 4 bridgehead atoms. The number of nitrogens with zero attached hydrogens (tertiary/aromatic N) is 1. The Morgan fingerprint density at radius 1 is 0.946 bits per heavy atom. The van der Waals surface area contributed by atoms with Crippen molar-refractivity contribution in [2.24, 2.45) is 23.7 Å². The molecular weight excluding hydrogens is 475 g/mol. The molecule has 0 atom stereocenters.